The summed E-state index contributed by atoms with van der Waals surface area (Å²) in [6.45, 7) is 7.26. The van der Waals surface area contributed by atoms with Gasteiger partial charge >= 0.3 is 0 Å². The summed E-state index contributed by atoms with van der Waals surface area (Å²) in [6.07, 6.45) is 34.6. The van der Waals surface area contributed by atoms with Crippen LogP contribution in [0.15, 0.2) is 0 Å². The van der Waals surface area contributed by atoms with Crippen LogP contribution in [0.1, 0.15) is 213 Å². The van der Waals surface area contributed by atoms with Gasteiger partial charge in [-0.15, -0.1) is 0 Å². The number of rotatable bonds is 43. The number of nitrogens with one attached hydrogen (secondary N) is 2. The number of hydrogen-bond acceptors (Lipinski definition) is 9. The summed E-state index contributed by atoms with van der Waals surface area (Å²) >= 11 is 0. The smallest absolute Gasteiger partial charge is 0.223 e. The van der Waals surface area contributed by atoms with Gasteiger partial charge in [0.2, 0.25) is 11.8 Å². The van der Waals surface area contributed by atoms with Crippen molar-refractivity contribution in [2.45, 2.75) is 244 Å². The largest absolute Gasteiger partial charge is 0.394 e. The number of amides is 2. The molecule has 2 amide bonds. The Kier molecular flexibility index (Phi) is 38.4. The molecule has 1 heterocycles. The van der Waals surface area contributed by atoms with Crippen molar-refractivity contribution < 1.29 is 43.9 Å². The number of aliphatic hydroxyl groups excluding tert-OH is 3. The number of ether oxygens (including phenoxy) is 4. The molecular weight excluding hydrogens is 749 g/mol. The fourth-order valence-corrected chi connectivity index (χ4v) is 8.13. The zero-order valence-corrected chi connectivity index (χ0v) is 38.4. The lowest BCUT2D eigenvalue weighted by Gasteiger charge is -2.42. The van der Waals surface area contributed by atoms with Crippen LogP contribution in [-0.2, 0) is 28.5 Å². The third kappa shape index (κ3) is 31.2. The van der Waals surface area contributed by atoms with Crippen molar-refractivity contribution in [1.82, 2.24) is 10.6 Å². The lowest BCUT2D eigenvalue weighted by atomic mass is 9.93. The van der Waals surface area contributed by atoms with Crippen LogP contribution in [0, 0.1) is 5.92 Å². The number of aliphatic hydroxyl groups is 3. The Morgan fingerprint density at radius 2 is 0.949 bits per heavy atom. The predicted molar refractivity (Wildman–Crippen MR) is 239 cm³/mol. The summed E-state index contributed by atoms with van der Waals surface area (Å²) in [5.74, 6) is -0.172. The molecule has 0 unspecified atom stereocenters. The highest BCUT2D eigenvalue weighted by molar-refractivity contribution is 5.78. The number of hydrogen-bond donors (Lipinski definition) is 5. The molecule has 0 aromatic carbocycles. The normalized spacial score (nSPS) is 19.4. The van der Waals surface area contributed by atoms with Crippen molar-refractivity contribution in [3.05, 3.63) is 0 Å². The second-order valence-electron chi connectivity index (χ2n) is 17.3. The second kappa shape index (κ2) is 40.7. The van der Waals surface area contributed by atoms with Crippen LogP contribution in [-0.4, -0.2) is 104 Å². The molecule has 1 aliphatic heterocycles. The van der Waals surface area contributed by atoms with Gasteiger partial charge in [0.05, 0.1) is 39.6 Å². The fraction of sp³-hybridized carbons (Fsp3) is 0.958. The number of carbonyl (C=O) groups excluding carboxylic acids is 2. The van der Waals surface area contributed by atoms with Crippen molar-refractivity contribution >= 4 is 11.8 Å². The third-order valence-electron chi connectivity index (χ3n) is 11.9. The van der Waals surface area contributed by atoms with E-state index >= 15 is 0 Å². The van der Waals surface area contributed by atoms with Crippen LogP contribution in [0.2, 0.25) is 0 Å². The molecule has 1 fully saturated rings. The zero-order valence-electron chi connectivity index (χ0n) is 38.4. The maximum Gasteiger partial charge on any atom is 0.223 e. The van der Waals surface area contributed by atoms with Gasteiger partial charge in [-0.2, -0.15) is 0 Å². The van der Waals surface area contributed by atoms with Crippen LogP contribution < -0.4 is 10.6 Å². The Morgan fingerprint density at radius 1 is 0.559 bits per heavy atom. The molecule has 1 aliphatic rings. The average Bonchev–Trinajstić information content (AvgIpc) is 3.23. The summed E-state index contributed by atoms with van der Waals surface area (Å²) < 4.78 is 22.5. The van der Waals surface area contributed by atoms with Crippen LogP contribution in [0.25, 0.3) is 0 Å². The van der Waals surface area contributed by atoms with E-state index in [-0.39, 0.29) is 25.0 Å². The standard InChI is InChI=1S/C48H94N2O9/c1-4-6-8-10-12-14-16-18-20-22-24-26-28-30-32-42(33-31-29-27-25-23-21-19-17-15-13-11-9-7-5-2)47(55)49-34-35-56-36-37-57-38-39-58-48-44(50-41(3)52)46(54)45(53)43(40-51)59-48/h42-46,48,51,53-54H,4-40H2,1-3H3,(H,49,55)(H,50,52)/t43-,44-,45+,46-,48-/m1/s1. The van der Waals surface area contributed by atoms with Crippen molar-refractivity contribution in [2.75, 3.05) is 46.2 Å². The van der Waals surface area contributed by atoms with Gasteiger partial charge in [0, 0.05) is 19.4 Å². The molecule has 1 rings (SSSR count). The van der Waals surface area contributed by atoms with E-state index in [1.54, 1.807) is 0 Å². The molecule has 0 aromatic heterocycles. The Hall–Kier alpha value is -1.34. The molecule has 11 heteroatoms. The fourth-order valence-electron chi connectivity index (χ4n) is 8.13. The van der Waals surface area contributed by atoms with E-state index in [9.17, 15) is 24.9 Å². The topological polar surface area (TPSA) is 156 Å². The van der Waals surface area contributed by atoms with E-state index < -0.39 is 43.2 Å². The van der Waals surface area contributed by atoms with Gasteiger partial charge in [0.1, 0.15) is 24.4 Å². The summed E-state index contributed by atoms with van der Waals surface area (Å²) in [5, 5.41) is 35.7. The minimum Gasteiger partial charge on any atom is -0.394 e. The van der Waals surface area contributed by atoms with Crippen LogP contribution in [0.3, 0.4) is 0 Å². The highest BCUT2D eigenvalue weighted by atomic mass is 16.7. The van der Waals surface area contributed by atoms with Crippen LogP contribution in [0.5, 0.6) is 0 Å². The first-order chi connectivity index (χ1) is 28.8. The van der Waals surface area contributed by atoms with Crippen molar-refractivity contribution in [1.29, 1.82) is 0 Å². The molecule has 0 radical (unpaired) electrons. The van der Waals surface area contributed by atoms with Gasteiger partial charge in [-0.3, -0.25) is 9.59 Å². The van der Waals surface area contributed by atoms with Crippen molar-refractivity contribution in [3.63, 3.8) is 0 Å². The molecule has 5 N–H and O–H groups in total. The van der Waals surface area contributed by atoms with E-state index in [0.29, 0.717) is 26.4 Å². The monoisotopic (exact) mass is 843 g/mol. The number of unbranched alkanes of at least 4 members (excludes halogenated alkanes) is 26. The molecule has 1 saturated heterocycles. The average molecular weight is 843 g/mol. The van der Waals surface area contributed by atoms with E-state index in [1.807, 2.05) is 0 Å². The van der Waals surface area contributed by atoms with E-state index in [0.717, 1.165) is 25.7 Å². The van der Waals surface area contributed by atoms with Gasteiger partial charge in [0.25, 0.3) is 0 Å². The number of carbonyl (C=O) groups is 2. The Morgan fingerprint density at radius 3 is 1.36 bits per heavy atom. The quantitative estimate of drug-likeness (QED) is 0.0378. The lowest BCUT2D eigenvalue weighted by Crippen LogP contribution is -2.64. The van der Waals surface area contributed by atoms with E-state index in [2.05, 4.69) is 24.5 Å². The molecule has 0 aliphatic carbocycles. The molecule has 0 aromatic rings. The molecule has 0 bridgehead atoms. The summed E-state index contributed by atoms with van der Waals surface area (Å²) in [4.78, 5) is 24.9. The maximum absolute atomic E-state index is 13.3. The first-order valence-electron chi connectivity index (χ1n) is 24.8. The molecule has 59 heavy (non-hydrogen) atoms. The highest BCUT2D eigenvalue weighted by Gasteiger charge is 2.45. The summed E-state index contributed by atoms with van der Waals surface area (Å²) in [5.41, 5.74) is 0. The van der Waals surface area contributed by atoms with Gasteiger partial charge in [-0.1, -0.05) is 194 Å². The van der Waals surface area contributed by atoms with Crippen molar-refractivity contribution in [3.8, 4) is 0 Å². The minimum absolute atomic E-state index is 0.0726. The Balaban J connectivity index is 2.27. The molecule has 11 nitrogen and oxygen atoms in total. The Bertz CT molecular complexity index is 912. The van der Waals surface area contributed by atoms with Gasteiger partial charge in [0.15, 0.2) is 6.29 Å². The molecule has 0 saturated carbocycles. The first-order valence-corrected chi connectivity index (χ1v) is 24.8. The lowest BCUT2D eigenvalue weighted by molar-refractivity contribution is -0.272. The summed E-state index contributed by atoms with van der Waals surface area (Å²) in [7, 11) is 0. The van der Waals surface area contributed by atoms with E-state index in [1.165, 1.54) is 174 Å². The molecule has 5 atom stereocenters. The molecule has 350 valence electrons. The second-order valence-corrected chi connectivity index (χ2v) is 17.3. The minimum atomic E-state index is -1.36. The summed E-state index contributed by atoms with van der Waals surface area (Å²) in [6, 6.07) is -0.984. The first kappa shape index (κ1) is 55.7. The van der Waals surface area contributed by atoms with Gasteiger partial charge < -0.3 is 44.9 Å². The zero-order chi connectivity index (χ0) is 43.0. The molecule has 0 spiro atoms. The van der Waals surface area contributed by atoms with E-state index in [4.69, 9.17) is 18.9 Å². The van der Waals surface area contributed by atoms with Crippen LogP contribution >= 0.6 is 0 Å². The van der Waals surface area contributed by atoms with Crippen molar-refractivity contribution in [2.24, 2.45) is 5.92 Å². The van der Waals surface area contributed by atoms with Gasteiger partial charge in [-0.05, 0) is 12.8 Å². The third-order valence-corrected chi connectivity index (χ3v) is 11.9. The SMILES string of the molecule is CCCCCCCCCCCCCCCCC(CCCCCCCCCCCCCCCC)C(=O)NCCOCCOCCO[C@@H]1O[C@H](CO)[C@H](O)[C@H](O)[C@H]1NC(C)=O. The highest BCUT2D eigenvalue weighted by Crippen LogP contribution is 2.23. The Labute approximate surface area is 361 Å². The predicted octanol–water partition coefficient (Wildman–Crippen LogP) is 9.46. The van der Waals surface area contributed by atoms with Crippen LogP contribution in [0.4, 0.5) is 0 Å². The maximum atomic E-state index is 13.3. The van der Waals surface area contributed by atoms with Gasteiger partial charge in [-0.25, -0.2) is 0 Å². The molecular formula is C48H94N2O9.